The highest BCUT2D eigenvalue weighted by atomic mass is 35.5. The first-order valence-electron chi connectivity index (χ1n) is 5.50. The zero-order valence-electron chi connectivity index (χ0n) is 9.81. The Bertz CT molecular complexity index is 570. The third kappa shape index (κ3) is 2.99. The molecule has 0 radical (unpaired) electrons. The van der Waals surface area contributed by atoms with Crippen LogP contribution >= 0.6 is 11.6 Å². The van der Waals surface area contributed by atoms with Crippen LogP contribution in [0.3, 0.4) is 0 Å². The lowest BCUT2D eigenvalue weighted by Gasteiger charge is -2.09. The first-order chi connectivity index (χ1) is 8.56. The van der Waals surface area contributed by atoms with Crippen molar-refractivity contribution in [3.63, 3.8) is 0 Å². The molecule has 0 saturated heterocycles. The van der Waals surface area contributed by atoms with Crippen LogP contribution in [0.1, 0.15) is 11.1 Å². The van der Waals surface area contributed by atoms with Crippen molar-refractivity contribution in [2.45, 2.75) is 13.5 Å². The molecule has 0 aliphatic rings. The van der Waals surface area contributed by atoms with E-state index in [1.54, 1.807) is 12.1 Å². The Labute approximate surface area is 109 Å². The third-order valence-corrected chi connectivity index (χ3v) is 3.01. The number of halogens is 3. The zero-order chi connectivity index (χ0) is 13.1. The molecule has 0 heterocycles. The summed E-state index contributed by atoms with van der Waals surface area (Å²) in [6.07, 6.45) is 0. The summed E-state index contributed by atoms with van der Waals surface area (Å²) in [5.74, 6) is -0.716. The fourth-order valence-electron chi connectivity index (χ4n) is 1.66. The summed E-state index contributed by atoms with van der Waals surface area (Å²) in [5, 5.41) is 3.16. The molecule has 2 rings (SSSR count). The van der Waals surface area contributed by atoms with Crippen molar-refractivity contribution in [2.75, 3.05) is 5.32 Å². The molecule has 94 valence electrons. The number of benzene rings is 2. The van der Waals surface area contributed by atoms with Crippen molar-refractivity contribution in [1.29, 1.82) is 0 Å². The highest BCUT2D eigenvalue weighted by Gasteiger charge is 2.03. The van der Waals surface area contributed by atoms with Crippen LogP contribution in [0, 0.1) is 18.6 Å². The molecule has 2 aromatic rings. The Morgan fingerprint density at radius 2 is 1.89 bits per heavy atom. The molecule has 0 aromatic heterocycles. The van der Waals surface area contributed by atoms with E-state index in [1.807, 2.05) is 6.92 Å². The lowest BCUT2D eigenvalue weighted by Crippen LogP contribution is -2.02. The second-order valence-electron chi connectivity index (χ2n) is 4.05. The topological polar surface area (TPSA) is 12.0 Å². The van der Waals surface area contributed by atoms with Crippen LogP contribution in [0.2, 0.25) is 5.02 Å². The average molecular weight is 268 g/mol. The van der Waals surface area contributed by atoms with E-state index >= 15 is 0 Å². The molecule has 0 atom stereocenters. The minimum Gasteiger partial charge on any atom is -0.381 e. The standard InChI is InChI=1S/C14H12ClF2N/c1-9-6-11(16)3-2-10(9)8-18-12-4-5-13(15)14(17)7-12/h2-7,18H,8H2,1H3. The molecular weight excluding hydrogens is 256 g/mol. The molecule has 0 bridgehead atoms. The van der Waals surface area contributed by atoms with Gasteiger partial charge in [-0.15, -0.1) is 0 Å². The van der Waals surface area contributed by atoms with Gasteiger partial charge in [0.15, 0.2) is 0 Å². The summed E-state index contributed by atoms with van der Waals surface area (Å²) < 4.78 is 26.1. The van der Waals surface area contributed by atoms with Gasteiger partial charge in [-0.25, -0.2) is 8.78 Å². The van der Waals surface area contributed by atoms with Gasteiger partial charge in [-0.1, -0.05) is 17.7 Å². The zero-order valence-corrected chi connectivity index (χ0v) is 10.6. The maximum absolute atomic E-state index is 13.2. The molecule has 2 aromatic carbocycles. The maximum atomic E-state index is 13.2. The molecule has 0 spiro atoms. The van der Waals surface area contributed by atoms with E-state index in [4.69, 9.17) is 11.6 Å². The second-order valence-corrected chi connectivity index (χ2v) is 4.46. The normalized spacial score (nSPS) is 10.4. The average Bonchev–Trinajstić information content (AvgIpc) is 2.32. The van der Waals surface area contributed by atoms with Gasteiger partial charge in [-0.05, 0) is 48.4 Å². The van der Waals surface area contributed by atoms with Crippen LogP contribution in [-0.4, -0.2) is 0 Å². The number of hydrogen-bond donors (Lipinski definition) is 1. The number of rotatable bonds is 3. The number of hydrogen-bond acceptors (Lipinski definition) is 1. The number of anilines is 1. The third-order valence-electron chi connectivity index (χ3n) is 2.71. The van der Waals surface area contributed by atoms with Gasteiger partial charge in [0.2, 0.25) is 0 Å². The van der Waals surface area contributed by atoms with Gasteiger partial charge in [-0.2, -0.15) is 0 Å². The second kappa shape index (κ2) is 5.36. The minimum atomic E-state index is -0.461. The summed E-state index contributed by atoms with van der Waals surface area (Å²) in [4.78, 5) is 0. The van der Waals surface area contributed by atoms with Crippen molar-refractivity contribution in [3.8, 4) is 0 Å². The fraction of sp³-hybridized carbons (Fsp3) is 0.143. The monoisotopic (exact) mass is 267 g/mol. The highest BCUT2D eigenvalue weighted by Crippen LogP contribution is 2.19. The van der Waals surface area contributed by atoms with Gasteiger partial charge >= 0.3 is 0 Å². The molecular formula is C14H12ClF2N. The van der Waals surface area contributed by atoms with Gasteiger partial charge in [-0.3, -0.25) is 0 Å². The number of nitrogens with one attached hydrogen (secondary N) is 1. The smallest absolute Gasteiger partial charge is 0.143 e. The van der Waals surface area contributed by atoms with Gasteiger partial charge in [0.25, 0.3) is 0 Å². The van der Waals surface area contributed by atoms with E-state index in [-0.39, 0.29) is 10.8 Å². The summed E-state index contributed by atoms with van der Waals surface area (Å²) >= 11 is 5.60. The number of aryl methyl sites for hydroxylation is 1. The molecule has 0 fully saturated rings. The summed E-state index contributed by atoms with van der Waals surface area (Å²) in [7, 11) is 0. The lowest BCUT2D eigenvalue weighted by molar-refractivity contribution is 0.625. The molecule has 1 N–H and O–H groups in total. The van der Waals surface area contributed by atoms with Crippen LogP contribution in [-0.2, 0) is 6.54 Å². The predicted octanol–water partition coefficient (Wildman–Crippen LogP) is 4.54. The predicted molar refractivity (Wildman–Crippen MR) is 69.9 cm³/mol. The van der Waals surface area contributed by atoms with E-state index < -0.39 is 5.82 Å². The highest BCUT2D eigenvalue weighted by molar-refractivity contribution is 6.30. The molecule has 0 saturated carbocycles. The Hall–Kier alpha value is -1.61. The maximum Gasteiger partial charge on any atom is 0.143 e. The van der Waals surface area contributed by atoms with Crippen LogP contribution < -0.4 is 5.32 Å². The Kier molecular flexibility index (Phi) is 3.82. The summed E-state index contributed by atoms with van der Waals surface area (Å²) in [5.41, 5.74) is 2.46. The van der Waals surface area contributed by atoms with Crippen molar-refractivity contribution in [1.82, 2.24) is 0 Å². The molecule has 0 aliphatic heterocycles. The van der Waals surface area contributed by atoms with E-state index in [1.165, 1.54) is 24.3 Å². The molecule has 4 heteroatoms. The van der Waals surface area contributed by atoms with Gasteiger partial charge in [0.1, 0.15) is 11.6 Å². The van der Waals surface area contributed by atoms with Crippen molar-refractivity contribution in [2.24, 2.45) is 0 Å². The molecule has 1 nitrogen and oxygen atoms in total. The molecule has 0 unspecified atom stereocenters. The van der Waals surface area contributed by atoms with Crippen LogP contribution in [0.25, 0.3) is 0 Å². The van der Waals surface area contributed by atoms with Crippen molar-refractivity contribution in [3.05, 3.63) is 64.2 Å². The Balaban J connectivity index is 2.09. The SMILES string of the molecule is Cc1cc(F)ccc1CNc1ccc(Cl)c(F)c1. The van der Waals surface area contributed by atoms with E-state index in [0.717, 1.165) is 11.1 Å². The first-order valence-corrected chi connectivity index (χ1v) is 5.88. The Morgan fingerprint density at radius 3 is 2.56 bits per heavy atom. The van der Waals surface area contributed by atoms with E-state index in [0.29, 0.717) is 12.2 Å². The Morgan fingerprint density at radius 1 is 1.11 bits per heavy atom. The van der Waals surface area contributed by atoms with Gasteiger partial charge in [0.05, 0.1) is 5.02 Å². The van der Waals surface area contributed by atoms with E-state index in [2.05, 4.69) is 5.32 Å². The van der Waals surface area contributed by atoms with Crippen LogP contribution in [0.15, 0.2) is 36.4 Å². The quantitative estimate of drug-likeness (QED) is 0.861. The molecule has 0 amide bonds. The summed E-state index contributed by atoms with van der Waals surface area (Å²) in [6, 6.07) is 9.12. The first kappa shape index (κ1) is 12.8. The van der Waals surface area contributed by atoms with Crippen LogP contribution in [0.5, 0.6) is 0 Å². The van der Waals surface area contributed by atoms with Crippen molar-refractivity contribution < 1.29 is 8.78 Å². The minimum absolute atomic E-state index is 0.0958. The van der Waals surface area contributed by atoms with Crippen molar-refractivity contribution >= 4 is 17.3 Å². The summed E-state index contributed by atoms with van der Waals surface area (Å²) in [6.45, 7) is 2.34. The fourth-order valence-corrected chi connectivity index (χ4v) is 1.78. The van der Waals surface area contributed by atoms with Gasteiger partial charge < -0.3 is 5.32 Å². The van der Waals surface area contributed by atoms with E-state index in [9.17, 15) is 8.78 Å². The lowest BCUT2D eigenvalue weighted by atomic mass is 10.1. The van der Waals surface area contributed by atoms with Crippen LogP contribution in [0.4, 0.5) is 14.5 Å². The largest absolute Gasteiger partial charge is 0.381 e. The van der Waals surface area contributed by atoms with Gasteiger partial charge in [0, 0.05) is 12.2 Å². The molecule has 0 aliphatic carbocycles. The molecule has 18 heavy (non-hydrogen) atoms.